The van der Waals surface area contributed by atoms with Crippen molar-refractivity contribution in [2.45, 2.75) is 30.7 Å². The van der Waals surface area contributed by atoms with Gasteiger partial charge in [0.05, 0.1) is 12.8 Å². The number of halogens is 3. The van der Waals surface area contributed by atoms with E-state index in [-0.39, 0.29) is 24.2 Å². The van der Waals surface area contributed by atoms with Crippen LogP contribution in [0.5, 0.6) is 5.75 Å². The van der Waals surface area contributed by atoms with Gasteiger partial charge in [-0.3, -0.25) is 4.79 Å². The zero-order valence-electron chi connectivity index (χ0n) is 18.0. The van der Waals surface area contributed by atoms with E-state index in [2.05, 4.69) is 15.3 Å². The molecule has 1 N–H and O–H groups in total. The van der Waals surface area contributed by atoms with Crippen molar-refractivity contribution in [3.63, 3.8) is 0 Å². The molecule has 1 heterocycles. The number of alkyl halides is 3. The van der Waals surface area contributed by atoms with Gasteiger partial charge >= 0.3 is 6.18 Å². The third-order valence-corrected chi connectivity index (χ3v) is 6.82. The number of amides is 1. The lowest BCUT2D eigenvalue weighted by atomic mass is 9.88. The number of nitrogens with one attached hydrogen (secondary N) is 1. The first-order valence-electron chi connectivity index (χ1n) is 10.3. The summed E-state index contributed by atoms with van der Waals surface area (Å²) in [6.07, 6.45) is -4.50. The van der Waals surface area contributed by atoms with Crippen molar-refractivity contribution >= 4 is 15.7 Å². The number of sulfone groups is 1. The summed E-state index contributed by atoms with van der Waals surface area (Å²) < 4.78 is 72.3. The molecule has 1 aliphatic carbocycles. The average molecular weight is 491 g/mol. The van der Waals surface area contributed by atoms with Crippen molar-refractivity contribution in [2.24, 2.45) is 0 Å². The molecule has 3 aromatic rings. The first-order valence-corrected chi connectivity index (χ1v) is 11.9. The van der Waals surface area contributed by atoms with Crippen LogP contribution >= 0.6 is 0 Å². The van der Waals surface area contributed by atoms with Crippen molar-refractivity contribution in [1.82, 2.24) is 15.3 Å². The third kappa shape index (κ3) is 4.74. The molecule has 1 aliphatic rings. The van der Waals surface area contributed by atoms with Crippen molar-refractivity contribution < 1.29 is 31.1 Å². The zero-order valence-corrected chi connectivity index (χ0v) is 18.8. The van der Waals surface area contributed by atoms with Crippen LogP contribution in [0, 0.1) is 0 Å². The van der Waals surface area contributed by atoms with Crippen molar-refractivity contribution in [2.75, 3.05) is 12.9 Å². The smallest absolute Gasteiger partial charge is 0.433 e. The van der Waals surface area contributed by atoms with E-state index >= 15 is 0 Å². The van der Waals surface area contributed by atoms with Crippen molar-refractivity contribution in [1.29, 1.82) is 0 Å². The van der Waals surface area contributed by atoms with Gasteiger partial charge in [0.25, 0.3) is 0 Å². The number of aryl methyl sites for hydroxylation is 1. The fourth-order valence-corrected chi connectivity index (χ4v) is 4.89. The molecule has 178 valence electrons. The van der Waals surface area contributed by atoms with E-state index in [9.17, 15) is 26.4 Å². The summed E-state index contributed by atoms with van der Waals surface area (Å²) in [6.45, 7) is -0.0232. The second kappa shape index (κ2) is 9.05. The molecule has 34 heavy (non-hydrogen) atoms. The van der Waals surface area contributed by atoms with E-state index in [1.165, 1.54) is 7.11 Å². The summed E-state index contributed by atoms with van der Waals surface area (Å²) in [5.41, 5.74) is 0.285. The first kappa shape index (κ1) is 23.7. The number of ether oxygens (including phenoxy) is 1. The second-order valence-electron chi connectivity index (χ2n) is 7.68. The minimum Gasteiger partial charge on any atom is -0.496 e. The molecule has 7 nitrogen and oxygen atoms in total. The maximum atomic E-state index is 13.8. The van der Waals surface area contributed by atoms with Crippen LogP contribution in [0.4, 0.5) is 13.2 Å². The number of carbonyl (C=O) groups excluding carboxylic acids is 1. The number of aromatic nitrogens is 2. The molecule has 0 spiro atoms. The normalized spacial score (nSPS) is 13.1. The molecule has 0 saturated carbocycles. The number of methoxy groups -OCH3 is 1. The number of rotatable bonds is 6. The Morgan fingerprint density at radius 3 is 2.50 bits per heavy atom. The summed E-state index contributed by atoms with van der Waals surface area (Å²) in [5, 5.41) is 1.42. The van der Waals surface area contributed by atoms with Crippen LogP contribution in [0.1, 0.15) is 22.4 Å². The molecule has 0 saturated heterocycles. The molecule has 2 aromatic carbocycles. The topological polar surface area (TPSA) is 98.2 Å². The third-order valence-electron chi connectivity index (χ3n) is 5.44. The fraction of sp³-hybridized carbons (Fsp3) is 0.261. The predicted molar refractivity (Wildman–Crippen MR) is 117 cm³/mol. The molecule has 1 amide bonds. The summed E-state index contributed by atoms with van der Waals surface area (Å²) >= 11 is 0. The SMILES string of the molecule is COc1ccccc1CNC(=O)CS(=O)(=O)c1nc2c(c(C(F)(F)F)n1)CCc1ccccc1-2. The van der Waals surface area contributed by atoms with E-state index < -0.39 is 38.5 Å². The summed E-state index contributed by atoms with van der Waals surface area (Å²) in [6, 6.07) is 13.6. The summed E-state index contributed by atoms with van der Waals surface area (Å²) in [7, 11) is -3.11. The average Bonchev–Trinajstić information content (AvgIpc) is 2.81. The van der Waals surface area contributed by atoms with Gasteiger partial charge in [0.2, 0.25) is 20.9 Å². The Hall–Kier alpha value is -3.47. The van der Waals surface area contributed by atoms with Crippen LogP contribution in [0.15, 0.2) is 53.7 Å². The highest BCUT2D eigenvalue weighted by Crippen LogP contribution is 2.39. The van der Waals surface area contributed by atoms with Crippen LogP contribution in [0.2, 0.25) is 0 Å². The van der Waals surface area contributed by atoms with E-state index in [1.807, 2.05) is 0 Å². The predicted octanol–water partition coefficient (Wildman–Crippen LogP) is 3.36. The molecule has 0 fully saturated rings. The number of hydrogen-bond donors (Lipinski definition) is 1. The highest BCUT2D eigenvalue weighted by atomic mass is 32.2. The molecule has 0 bridgehead atoms. The highest BCUT2D eigenvalue weighted by Gasteiger charge is 2.40. The Morgan fingerprint density at radius 2 is 1.76 bits per heavy atom. The van der Waals surface area contributed by atoms with Gasteiger partial charge in [0, 0.05) is 23.2 Å². The Morgan fingerprint density at radius 1 is 1.06 bits per heavy atom. The van der Waals surface area contributed by atoms with E-state index in [0.717, 1.165) is 5.56 Å². The highest BCUT2D eigenvalue weighted by molar-refractivity contribution is 7.91. The lowest BCUT2D eigenvalue weighted by molar-refractivity contribution is -0.142. The summed E-state index contributed by atoms with van der Waals surface area (Å²) in [4.78, 5) is 19.7. The number of nitrogens with zero attached hydrogens (tertiary/aromatic N) is 2. The fourth-order valence-electron chi connectivity index (χ4n) is 3.86. The second-order valence-corrected chi connectivity index (χ2v) is 9.57. The Balaban J connectivity index is 1.65. The largest absolute Gasteiger partial charge is 0.496 e. The number of benzene rings is 2. The Bertz CT molecular complexity index is 1360. The van der Waals surface area contributed by atoms with Gasteiger partial charge in [-0.05, 0) is 24.5 Å². The molecule has 1 aromatic heterocycles. The van der Waals surface area contributed by atoms with E-state index in [4.69, 9.17) is 4.74 Å². The van der Waals surface area contributed by atoms with Gasteiger partial charge in [-0.25, -0.2) is 18.4 Å². The Kier molecular flexibility index (Phi) is 6.30. The zero-order chi connectivity index (χ0) is 24.5. The molecule has 11 heteroatoms. The minimum absolute atomic E-state index is 0.0232. The number of carbonyl (C=O) groups is 1. The van der Waals surface area contributed by atoms with Crippen LogP contribution < -0.4 is 10.1 Å². The monoisotopic (exact) mass is 491 g/mol. The molecule has 0 atom stereocenters. The standard InChI is InChI=1S/C23H20F3N3O4S/c1-33-18-9-5-3-7-15(18)12-27-19(30)13-34(31,32)22-28-20-16-8-4-2-6-14(16)10-11-17(20)21(29-22)23(24,25)26/h2-9H,10-13H2,1H3,(H,27,30). The molecular weight excluding hydrogens is 471 g/mol. The van der Waals surface area contributed by atoms with Crippen molar-refractivity contribution in [3.8, 4) is 17.0 Å². The first-order chi connectivity index (χ1) is 16.1. The maximum Gasteiger partial charge on any atom is 0.433 e. The van der Waals surface area contributed by atoms with Crippen LogP contribution in [0.3, 0.4) is 0 Å². The van der Waals surface area contributed by atoms with E-state index in [1.54, 1.807) is 48.5 Å². The maximum absolute atomic E-state index is 13.8. The molecule has 4 rings (SSSR count). The van der Waals surface area contributed by atoms with Gasteiger partial charge < -0.3 is 10.1 Å². The van der Waals surface area contributed by atoms with Crippen LogP contribution in [0.25, 0.3) is 11.3 Å². The van der Waals surface area contributed by atoms with Gasteiger partial charge in [-0.1, -0.05) is 42.5 Å². The van der Waals surface area contributed by atoms with Gasteiger partial charge in [-0.15, -0.1) is 0 Å². The lowest BCUT2D eigenvalue weighted by Gasteiger charge is -2.22. The Labute approximate surface area is 193 Å². The molecule has 0 aliphatic heterocycles. The number of hydrogen-bond acceptors (Lipinski definition) is 6. The van der Waals surface area contributed by atoms with Crippen LogP contribution in [-0.2, 0) is 40.2 Å². The quantitative estimate of drug-likeness (QED) is 0.531. The minimum atomic E-state index is -4.88. The number of para-hydroxylation sites is 1. The molecular formula is C23H20F3N3O4S. The van der Waals surface area contributed by atoms with Crippen LogP contribution in [-0.4, -0.2) is 37.2 Å². The summed E-state index contributed by atoms with van der Waals surface area (Å²) in [5.74, 6) is -1.50. The van der Waals surface area contributed by atoms with Gasteiger partial charge in [-0.2, -0.15) is 13.2 Å². The van der Waals surface area contributed by atoms with E-state index in [0.29, 0.717) is 23.3 Å². The number of fused-ring (bicyclic) bond motifs is 3. The lowest BCUT2D eigenvalue weighted by Crippen LogP contribution is -2.31. The van der Waals surface area contributed by atoms with Gasteiger partial charge in [0.1, 0.15) is 11.5 Å². The van der Waals surface area contributed by atoms with Crippen molar-refractivity contribution in [3.05, 3.63) is 70.9 Å². The van der Waals surface area contributed by atoms with Gasteiger partial charge in [0.15, 0.2) is 5.69 Å². The molecule has 0 unspecified atom stereocenters. The molecule has 0 radical (unpaired) electrons.